The van der Waals surface area contributed by atoms with Gasteiger partial charge in [-0.05, 0) is 52.1 Å². The number of rotatable bonds is 6. The van der Waals surface area contributed by atoms with Crippen molar-refractivity contribution in [1.29, 1.82) is 0 Å². The van der Waals surface area contributed by atoms with Crippen LogP contribution in [-0.2, 0) is 13.0 Å². The first-order chi connectivity index (χ1) is 18.3. The number of aromatic nitrogens is 2. The molecular formula is C32H32Cl2N4O. The topological polar surface area (TPSA) is 52.2 Å². The lowest BCUT2D eigenvalue weighted by atomic mass is 10.0. The average molecular weight is 560 g/mol. The summed E-state index contributed by atoms with van der Waals surface area (Å²) in [5, 5.41) is 2.10. The van der Waals surface area contributed by atoms with Gasteiger partial charge in [-0.25, -0.2) is 4.98 Å². The van der Waals surface area contributed by atoms with Crippen LogP contribution in [0.1, 0.15) is 28.2 Å². The summed E-state index contributed by atoms with van der Waals surface area (Å²) >= 11 is 0. The zero-order valence-electron chi connectivity index (χ0n) is 21.6. The molecule has 0 bridgehead atoms. The second kappa shape index (κ2) is 12.8. The van der Waals surface area contributed by atoms with Gasteiger partial charge in [0, 0.05) is 56.2 Å². The SMILES string of the molecule is Cl.Cl.O=C(c1cccc2ccccc12)N1CCN(CCCc2ncc[nH]2)c2ccc(-c3ccccc3)cc2C1. The van der Waals surface area contributed by atoms with Gasteiger partial charge in [-0.2, -0.15) is 0 Å². The summed E-state index contributed by atoms with van der Waals surface area (Å²) < 4.78 is 0. The maximum atomic E-state index is 13.9. The van der Waals surface area contributed by atoms with Crippen molar-refractivity contribution in [3.63, 3.8) is 0 Å². The Morgan fingerprint density at radius 1 is 0.846 bits per heavy atom. The minimum absolute atomic E-state index is 0. The van der Waals surface area contributed by atoms with Crippen LogP contribution in [-0.4, -0.2) is 40.4 Å². The molecule has 1 aromatic heterocycles. The van der Waals surface area contributed by atoms with Crippen LogP contribution in [0.25, 0.3) is 21.9 Å². The van der Waals surface area contributed by atoms with Crippen molar-refractivity contribution in [3.05, 3.63) is 120 Å². The van der Waals surface area contributed by atoms with E-state index in [1.54, 1.807) is 6.20 Å². The molecule has 1 N–H and O–H groups in total. The van der Waals surface area contributed by atoms with Gasteiger partial charge in [-0.3, -0.25) is 4.79 Å². The van der Waals surface area contributed by atoms with E-state index in [4.69, 9.17) is 0 Å². The highest BCUT2D eigenvalue weighted by Crippen LogP contribution is 2.32. The summed E-state index contributed by atoms with van der Waals surface area (Å²) in [5.41, 5.74) is 5.53. The number of amides is 1. The van der Waals surface area contributed by atoms with Crippen molar-refractivity contribution in [2.24, 2.45) is 0 Å². The number of hydrogen-bond acceptors (Lipinski definition) is 3. The molecule has 0 atom stereocenters. The number of nitrogens with zero attached hydrogens (tertiary/aromatic N) is 3. The van der Waals surface area contributed by atoms with Crippen LogP contribution in [0, 0.1) is 0 Å². The summed E-state index contributed by atoms with van der Waals surface area (Å²) in [4.78, 5) is 25.9. The highest BCUT2D eigenvalue weighted by Gasteiger charge is 2.25. The molecule has 200 valence electrons. The molecule has 0 saturated heterocycles. The van der Waals surface area contributed by atoms with Crippen LogP contribution < -0.4 is 4.90 Å². The third kappa shape index (κ3) is 6.11. The molecule has 0 aliphatic carbocycles. The van der Waals surface area contributed by atoms with E-state index in [2.05, 4.69) is 69.5 Å². The molecule has 1 aliphatic rings. The molecular weight excluding hydrogens is 527 g/mol. The van der Waals surface area contributed by atoms with Crippen LogP contribution in [0.15, 0.2) is 103 Å². The minimum atomic E-state index is 0. The zero-order chi connectivity index (χ0) is 25.0. The molecule has 0 unspecified atom stereocenters. The molecule has 0 radical (unpaired) electrons. The lowest BCUT2D eigenvalue weighted by Gasteiger charge is -2.25. The van der Waals surface area contributed by atoms with Gasteiger partial charge in [0.2, 0.25) is 0 Å². The molecule has 0 spiro atoms. The van der Waals surface area contributed by atoms with E-state index >= 15 is 0 Å². The van der Waals surface area contributed by atoms with E-state index in [9.17, 15) is 4.79 Å². The van der Waals surface area contributed by atoms with Crippen molar-refractivity contribution >= 4 is 47.2 Å². The molecule has 0 saturated carbocycles. The fraction of sp³-hybridized carbons (Fsp3) is 0.188. The fourth-order valence-electron chi connectivity index (χ4n) is 5.34. The Morgan fingerprint density at radius 2 is 1.64 bits per heavy atom. The van der Waals surface area contributed by atoms with Gasteiger partial charge in [0.15, 0.2) is 0 Å². The molecule has 7 heteroatoms. The Morgan fingerprint density at radius 3 is 2.46 bits per heavy atom. The van der Waals surface area contributed by atoms with Crippen LogP contribution >= 0.6 is 24.8 Å². The average Bonchev–Trinajstić information content (AvgIpc) is 3.40. The maximum absolute atomic E-state index is 13.9. The highest BCUT2D eigenvalue weighted by atomic mass is 35.5. The Labute approximate surface area is 241 Å². The Balaban J connectivity index is 0.00000176. The minimum Gasteiger partial charge on any atom is -0.369 e. The molecule has 0 fully saturated rings. The zero-order valence-corrected chi connectivity index (χ0v) is 23.3. The largest absolute Gasteiger partial charge is 0.369 e. The van der Waals surface area contributed by atoms with Gasteiger partial charge in [0.05, 0.1) is 0 Å². The number of aromatic amines is 1. The number of carbonyl (C=O) groups excluding carboxylic acids is 1. The van der Waals surface area contributed by atoms with E-state index in [1.165, 1.54) is 22.4 Å². The van der Waals surface area contributed by atoms with Crippen molar-refractivity contribution in [3.8, 4) is 11.1 Å². The number of fused-ring (bicyclic) bond motifs is 2. The first kappa shape index (κ1) is 28.2. The van der Waals surface area contributed by atoms with E-state index in [-0.39, 0.29) is 30.7 Å². The van der Waals surface area contributed by atoms with Crippen molar-refractivity contribution in [1.82, 2.24) is 14.9 Å². The Kier molecular flexibility index (Phi) is 9.28. The molecule has 4 aromatic carbocycles. The first-order valence-corrected chi connectivity index (χ1v) is 12.9. The van der Waals surface area contributed by atoms with E-state index in [0.717, 1.165) is 48.1 Å². The van der Waals surface area contributed by atoms with Crippen LogP contribution in [0.5, 0.6) is 0 Å². The number of nitrogens with one attached hydrogen (secondary N) is 1. The molecule has 2 heterocycles. The summed E-state index contributed by atoms with van der Waals surface area (Å²) in [6.07, 6.45) is 5.57. The van der Waals surface area contributed by atoms with E-state index in [0.29, 0.717) is 13.1 Å². The number of benzene rings is 4. The lowest BCUT2D eigenvalue weighted by molar-refractivity contribution is 0.0753. The molecule has 1 aliphatic heterocycles. The summed E-state index contributed by atoms with van der Waals surface area (Å²) in [6.45, 7) is 2.98. The third-order valence-electron chi connectivity index (χ3n) is 7.23. The highest BCUT2D eigenvalue weighted by molar-refractivity contribution is 6.07. The van der Waals surface area contributed by atoms with Crippen molar-refractivity contribution in [2.75, 3.05) is 24.5 Å². The molecule has 5 nitrogen and oxygen atoms in total. The van der Waals surface area contributed by atoms with E-state index < -0.39 is 0 Å². The number of anilines is 1. The monoisotopic (exact) mass is 558 g/mol. The number of aryl methyl sites for hydroxylation is 1. The van der Waals surface area contributed by atoms with Crippen molar-refractivity contribution in [2.45, 2.75) is 19.4 Å². The standard InChI is InChI=1S/C32H30N4O.2ClH/c37-32(29-13-6-11-25-10-4-5-12-28(25)29)36-21-20-35(19-7-14-31-33-17-18-34-31)30-16-15-26(22-27(30)23-36)24-8-2-1-3-9-24;;/h1-6,8-13,15-18,22H,7,14,19-21,23H2,(H,33,34);2*1H. The quantitative estimate of drug-likeness (QED) is 0.240. The fourth-order valence-corrected chi connectivity index (χ4v) is 5.34. The summed E-state index contributed by atoms with van der Waals surface area (Å²) in [7, 11) is 0. The number of halogens is 2. The summed E-state index contributed by atoms with van der Waals surface area (Å²) in [5.74, 6) is 1.10. The predicted molar refractivity (Wildman–Crippen MR) is 164 cm³/mol. The van der Waals surface area contributed by atoms with Gasteiger partial charge >= 0.3 is 0 Å². The van der Waals surface area contributed by atoms with Crippen LogP contribution in [0.4, 0.5) is 5.69 Å². The maximum Gasteiger partial charge on any atom is 0.254 e. The Hall–Kier alpha value is -3.80. The van der Waals surface area contributed by atoms with Gasteiger partial charge in [0.25, 0.3) is 5.91 Å². The van der Waals surface area contributed by atoms with Gasteiger partial charge in [-0.15, -0.1) is 24.8 Å². The summed E-state index contributed by atoms with van der Waals surface area (Å²) in [6, 6.07) is 31.3. The number of carbonyl (C=O) groups is 1. The van der Waals surface area contributed by atoms with E-state index in [1.807, 2.05) is 47.5 Å². The number of hydrogen-bond donors (Lipinski definition) is 1. The first-order valence-electron chi connectivity index (χ1n) is 12.9. The van der Waals surface area contributed by atoms with Gasteiger partial charge in [-0.1, -0.05) is 72.8 Å². The number of H-pyrrole nitrogens is 1. The van der Waals surface area contributed by atoms with Crippen LogP contribution in [0.2, 0.25) is 0 Å². The second-order valence-electron chi connectivity index (χ2n) is 9.59. The normalized spacial score (nSPS) is 12.7. The second-order valence-corrected chi connectivity index (χ2v) is 9.59. The smallest absolute Gasteiger partial charge is 0.254 e. The van der Waals surface area contributed by atoms with Crippen molar-refractivity contribution < 1.29 is 4.79 Å². The predicted octanol–water partition coefficient (Wildman–Crippen LogP) is 7.17. The third-order valence-corrected chi connectivity index (χ3v) is 7.23. The number of imidazole rings is 1. The van der Waals surface area contributed by atoms with Crippen LogP contribution in [0.3, 0.4) is 0 Å². The molecule has 1 amide bonds. The van der Waals surface area contributed by atoms with Gasteiger partial charge in [0.1, 0.15) is 5.82 Å². The molecule has 5 aromatic rings. The molecule has 6 rings (SSSR count). The Bertz CT molecular complexity index is 1520. The lowest BCUT2D eigenvalue weighted by Crippen LogP contribution is -2.36. The van der Waals surface area contributed by atoms with Gasteiger partial charge < -0.3 is 14.8 Å². The molecule has 39 heavy (non-hydrogen) atoms.